The van der Waals surface area contributed by atoms with Gasteiger partial charge in [-0.2, -0.15) is 0 Å². The molecule has 1 amide bonds. The number of nitrogens with zero attached hydrogens (tertiary/aromatic N) is 3. The molecule has 1 aromatic heterocycles. The van der Waals surface area contributed by atoms with Crippen LogP contribution in [0.1, 0.15) is 15.2 Å². The largest absolute Gasteiger partial charge is 0.318 e. The number of carbonyl (C=O) groups excluding carboxylic acids is 1. The van der Waals surface area contributed by atoms with Gasteiger partial charge in [-0.1, -0.05) is 0 Å². The van der Waals surface area contributed by atoms with Crippen molar-refractivity contribution in [1.29, 1.82) is 0 Å². The summed E-state index contributed by atoms with van der Waals surface area (Å²) in [7, 11) is -3.46. The van der Waals surface area contributed by atoms with E-state index in [9.17, 15) is 22.0 Å². The Morgan fingerprint density at radius 1 is 1.16 bits per heavy atom. The highest BCUT2D eigenvalue weighted by Crippen LogP contribution is 2.42. The topological polar surface area (TPSA) is 91.7 Å². The van der Waals surface area contributed by atoms with Crippen LogP contribution in [0.3, 0.4) is 0 Å². The van der Waals surface area contributed by atoms with Gasteiger partial charge in [-0.15, -0.1) is 15.7 Å². The number of amidine groups is 1. The van der Waals surface area contributed by atoms with Crippen LogP contribution >= 0.6 is 23.1 Å². The van der Waals surface area contributed by atoms with Crippen molar-refractivity contribution in [3.05, 3.63) is 58.5 Å². The monoisotopic (exact) mass is 492 g/mol. The number of rotatable bonds is 3. The number of benzene rings is 2. The van der Waals surface area contributed by atoms with Crippen molar-refractivity contribution in [3.8, 4) is 11.3 Å². The number of fused-ring (bicyclic) bond motifs is 3. The summed E-state index contributed by atoms with van der Waals surface area (Å²) < 4.78 is 54.1. The van der Waals surface area contributed by atoms with Gasteiger partial charge < -0.3 is 4.90 Å². The minimum absolute atomic E-state index is 0.0532. The molecule has 5 rings (SSSR count). The van der Waals surface area contributed by atoms with E-state index < -0.39 is 27.6 Å². The normalized spacial score (nSPS) is 16.3. The Bertz CT molecular complexity index is 1420. The van der Waals surface area contributed by atoms with E-state index >= 15 is 0 Å². The zero-order valence-electron chi connectivity index (χ0n) is 16.4. The maximum Gasteiger partial charge on any atom is 0.257 e. The molecule has 2 aliphatic rings. The van der Waals surface area contributed by atoms with Crippen LogP contribution in [0, 0.1) is 18.6 Å². The van der Waals surface area contributed by atoms with E-state index in [0.717, 1.165) is 27.6 Å². The Morgan fingerprint density at radius 3 is 2.75 bits per heavy atom. The second-order valence-electron chi connectivity index (χ2n) is 7.10. The SMILES string of the molecule is Cc1sc(NC(=O)c2ccc3c(c2)SC2=NS(=O)(=O)CCN23)nc1-c1ccc(F)c(F)c1. The summed E-state index contributed by atoms with van der Waals surface area (Å²) in [5.74, 6) is -2.35. The Hall–Kier alpha value is -2.83. The molecule has 0 saturated heterocycles. The predicted molar refractivity (Wildman–Crippen MR) is 121 cm³/mol. The summed E-state index contributed by atoms with van der Waals surface area (Å²) in [5, 5.41) is 3.45. The third-order valence-corrected chi connectivity index (χ3v) is 8.14. The van der Waals surface area contributed by atoms with Gasteiger partial charge in [-0.3, -0.25) is 10.1 Å². The minimum atomic E-state index is -3.46. The summed E-state index contributed by atoms with van der Waals surface area (Å²) in [6.45, 7) is 2.10. The molecular formula is C20H14F2N4O3S3. The number of sulfonamides is 1. The van der Waals surface area contributed by atoms with Crippen molar-refractivity contribution in [2.75, 3.05) is 22.5 Å². The van der Waals surface area contributed by atoms with Gasteiger partial charge in [0.25, 0.3) is 15.9 Å². The lowest BCUT2D eigenvalue weighted by molar-refractivity contribution is 0.102. The first-order valence-corrected chi connectivity index (χ1v) is 12.6. The number of amides is 1. The number of anilines is 2. The molecule has 2 aliphatic heterocycles. The minimum Gasteiger partial charge on any atom is -0.318 e. The average Bonchev–Trinajstić information content (AvgIpc) is 3.27. The summed E-state index contributed by atoms with van der Waals surface area (Å²) in [5.41, 5.74) is 2.07. The number of hydrogen-bond acceptors (Lipinski definition) is 7. The molecule has 164 valence electrons. The molecule has 0 unspecified atom stereocenters. The van der Waals surface area contributed by atoms with Gasteiger partial charge in [0.1, 0.15) is 0 Å². The molecule has 0 bridgehead atoms. The van der Waals surface area contributed by atoms with E-state index in [0.29, 0.717) is 33.7 Å². The van der Waals surface area contributed by atoms with Crippen LogP contribution < -0.4 is 10.2 Å². The van der Waals surface area contributed by atoms with Gasteiger partial charge in [0.15, 0.2) is 21.9 Å². The number of carbonyl (C=O) groups is 1. The maximum atomic E-state index is 13.6. The Labute approximate surface area is 190 Å². The molecule has 3 heterocycles. The number of thioether (sulfide) groups is 1. The van der Waals surface area contributed by atoms with Gasteiger partial charge in [0, 0.05) is 27.4 Å². The van der Waals surface area contributed by atoms with Crippen LogP contribution in [0.15, 0.2) is 45.7 Å². The van der Waals surface area contributed by atoms with E-state index in [1.54, 1.807) is 25.1 Å². The van der Waals surface area contributed by atoms with E-state index in [1.807, 2.05) is 4.90 Å². The lowest BCUT2D eigenvalue weighted by Crippen LogP contribution is -2.35. The number of nitrogens with one attached hydrogen (secondary N) is 1. The standard InChI is InChI=1S/C20H14F2N4O3S3/c1-10-17(11-2-4-13(21)14(22)8-11)23-19(30-10)24-18(27)12-3-5-15-16(9-12)31-20-25-32(28,29)7-6-26(15)20/h2-5,8-9H,6-7H2,1H3,(H,23,24,27). The molecular weight excluding hydrogens is 478 g/mol. The van der Waals surface area contributed by atoms with Crippen molar-refractivity contribution in [2.45, 2.75) is 11.8 Å². The number of aromatic nitrogens is 1. The molecule has 0 aliphatic carbocycles. The van der Waals surface area contributed by atoms with Crippen LogP contribution in [0.2, 0.25) is 0 Å². The zero-order chi connectivity index (χ0) is 22.6. The molecule has 2 aromatic carbocycles. The first-order valence-electron chi connectivity index (χ1n) is 9.36. The highest BCUT2D eigenvalue weighted by Gasteiger charge is 2.33. The fourth-order valence-electron chi connectivity index (χ4n) is 3.40. The molecule has 1 N–H and O–H groups in total. The van der Waals surface area contributed by atoms with E-state index in [2.05, 4.69) is 14.7 Å². The molecule has 0 spiro atoms. The molecule has 7 nitrogen and oxygen atoms in total. The number of halogens is 2. The maximum absolute atomic E-state index is 13.6. The molecule has 0 saturated carbocycles. The van der Waals surface area contributed by atoms with Crippen LogP contribution in [-0.2, 0) is 10.0 Å². The smallest absolute Gasteiger partial charge is 0.257 e. The Morgan fingerprint density at radius 2 is 1.97 bits per heavy atom. The predicted octanol–water partition coefficient (Wildman–Crippen LogP) is 4.26. The fourth-order valence-corrected chi connectivity index (χ4v) is 6.53. The molecule has 0 fully saturated rings. The molecule has 12 heteroatoms. The lowest BCUT2D eigenvalue weighted by Gasteiger charge is -2.22. The van der Waals surface area contributed by atoms with Gasteiger partial charge in [-0.05, 0) is 55.1 Å². The number of aryl methyl sites for hydroxylation is 1. The first-order chi connectivity index (χ1) is 15.2. The summed E-state index contributed by atoms with van der Waals surface area (Å²) in [4.78, 5) is 20.5. The third-order valence-electron chi connectivity index (χ3n) is 4.95. The second-order valence-corrected chi connectivity index (χ2v) is 11.1. The molecule has 0 radical (unpaired) electrons. The zero-order valence-corrected chi connectivity index (χ0v) is 18.9. The second kappa shape index (κ2) is 7.64. The van der Waals surface area contributed by atoms with Crippen LogP contribution in [0.25, 0.3) is 11.3 Å². The number of hydrogen-bond donors (Lipinski definition) is 1. The van der Waals surface area contributed by atoms with Crippen molar-refractivity contribution in [2.24, 2.45) is 4.40 Å². The fraction of sp³-hybridized carbons (Fsp3) is 0.150. The van der Waals surface area contributed by atoms with Crippen molar-refractivity contribution >= 4 is 55.0 Å². The molecule has 32 heavy (non-hydrogen) atoms. The van der Waals surface area contributed by atoms with Gasteiger partial charge in [0.05, 0.1) is 17.1 Å². The van der Waals surface area contributed by atoms with Gasteiger partial charge >= 0.3 is 0 Å². The van der Waals surface area contributed by atoms with E-state index in [4.69, 9.17) is 0 Å². The molecule has 0 atom stereocenters. The summed E-state index contributed by atoms with van der Waals surface area (Å²) >= 11 is 2.43. The van der Waals surface area contributed by atoms with Crippen molar-refractivity contribution in [3.63, 3.8) is 0 Å². The molecule has 3 aromatic rings. The third kappa shape index (κ3) is 3.78. The van der Waals surface area contributed by atoms with Crippen LogP contribution in [-0.4, -0.2) is 36.8 Å². The van der Waals surface area contributed by atoms with Crippen molar-refractivity contribution in [1.82, 2.24) is 4.98 Å². The Balaban J connectivity index is 1.38. The Kier molecular flexibility index (Phi) is 5.02. The summed E-state index contributed by atoms with van der Waals surface area (Å²) in [6, 6.07) is 8.63. The number of thiazole rings is 1. The van der Waals surface area contributed by atoms with Gasteiger partial charge in [0.2, 0.25) is 0 Å². The van der Waals surface area contributed by atoms with Gasteiger partial charge in [-0.25, -0.2) is 22.2 Å². The van der Waals surface area contributed by atoms with E-state index in [1.165, 1.54) is 29.2 Å². The first kappa shape index (κ1) is 21.0. The average molecular weight is 493 g/mol. The highest BCUT2D eigenvalue weighted by atomic mass is 32.2. The lowest BCUT2D eigenvalue weighted by atomic mass is 10.1. The van der Waals surface area contributed by atoms with Crippen molar-refractivity contribution < 1.29 is 22.0 Å². The highest BCUT2D eigenvalue weighted by molar-refractivity contribution is 8.15. The summed E-state index contributed by atoms with van der Waals surface area (Å²) in [6.07, 6.45) is 0. The van der Waals surface area contributed by atoms with Crippen LogP contribution in [0.5, 0.6) is 0 Å². The quantitative estimate of drug-likeness (QED) is 0.588. The van der Waals surface area contributed by atoms with E-state index in [-0.39, 0.29) is 5.75 Å². The van der Waals surface area contributed by atoms with Crippen LogP contribution in [0.4, 0.5) is 19.6 Å².